The van der Waals surface area contributed by atoms with Crippen LogP contribution >= 0.6 is 0 Å². The van der Waals surface area contributed by atoms with Gasteiger partial charge in [0.1, 0.15) is 7.59 Å². The summed E-state index contributed by atoms with van der Waals surface area (Å²) in [5, 5.41) is 3.16. The van der Waals surface area contributed by atoms with Crippen LogP contribution in [0.2, 0.25) is 18.1 Å². The molecule has 0 aromatic heterocycles. The fourth-order valence-corrected chi connectivity index (χ4v) is 25.0. The minimum Gasteiger partial charge on any atom is -0.415 e. The van der Waals surface area contributed by atoms with Gasteiger partial charge in [-0.3, -0.25) is 0 Å². The molecule has 1 unspecified atom stereocenters. The Hall–Kier alpha value is -1.21. The van der Waals surface area contributed by atoms with Gasteiger partial charge in [0.05, 0.1) is 6.10 Å². The Labute approximate surface area is 160 Å². The van der Waals surface area contributed by atoms with Crippen molar-refractivity contribution in [2.75, 3.05) is 6.54 Å². The molecule has 0 radical (unpaired) electrons. The van der Waals surface area contributed by atoms with Gasteiger partial charge in [0, 0.05) is 6.54 Å². The highest BCUT2D eigenvalue weighted by atomic mass is 29.3. The molecule has 1 saturated heterocycles. The fourth-order valence-electron chi connectivity index (χ4n) is 5.15. The first kappa shape index (κ1) is 19.6. The third kappa shape index (κ3) is 3.36. The van der Waals surface area contributed by atoms with Gasteiger partial charge < -0.3 is 10.2 Å². The second-order valence-corrected chi connectivity index (χ2v) is 19.6. The van der Waals surface area contributed by atoms with Crippen LogP contribution in [0.5, 0.6) is 0 Å². The fraction of sp³-hybridized carbons (Fsp3) is 0.455. The highest BCUT2D eigenvalue weighted by Gasteiger charge is 2.60. The van der Waals surface area contributed by atoms with Crippen molar-refractivity contribution in [1.29, 1.82) is 0 Å². The summed E-state index contributed by atoms with van der Waals surface area (Å²) >= 11 is 0. The van der Waals surface area contributed by atoms with E-state index in [9.17, 15) is 0 Å². The van der Waals surface area contributed by atoms with Crippen molar-refractivity contribution < 1.29 is 4.43 Å². The molecule has 3 rings (SSSR count). The van der Waals surface area contributed by atoms with Crippen LogP contribution in [0.25, 0.3) is 0 Å². The number of benzene rings is 2. The van der Waals surface area contributed by atoms with Gasteiger partial charge in [-0.1, -0.05) is 97.7 Å². The number of nitrogens with two attached hydrogens (primary N) is 1. The average Bonchev–Trinajstić information content (AvgIpc) is 2.70. The highest BCUT2D eigenvalue weighted by Crippen LogP contribution is 2.40. The molecule has 0 amide bonds. The SMILES string of the molecule is CCC[Si]1(CCC)OC(CN)CC[Si]1(c1ccccc1)c1ccccc1. The van der Waals surface area contributed by atoms with Crippen LogP contribution in [0.1, 0.15) is 33.1 Å². The van der Waals surface area contributed by atoms with Gasteiger partial charge in [0.2, 0.25) is 0 Å². The molecule has 2 aromatic carbocycles. The van der Waals surface area contributed by atoms with Gasteiger partial charge >= 0.3 is 0 Å². The molecule has 1 fully saturated rings. The molecule has 140 valence electrons. The molecule has 0 aliphatic carbocycles. The maximum atomic E-state index is 7.10. The van der Waals surface area contributed by atoms with Crippen LogP contribution < -0.4 is 16.1 Å². The molecule has 1 atom stereocenters. The van der Waals surface area contributed by atoms with Gasteiger partial charge in [-0.2, -0.15) is 0 Å². The standard InChI is InChI=1S/C22H33NOSi2/c1-3-16-25(17-4-2)24-20(19-23)15-18-26(25,21-11-7-5-8-12-21)22-13-9-6-10-14-22/h5-14,20H,3-4,15-19,23H2,1-2H3. The van der Waals surface area contributed by atoms with Crippen LogP contribution in [-0.4, -0.2) is 28.1 Å². The van der Waals surface area contributed by atoms with E-state index < -0.39 is 15.4 Å². The Morgan fingerprint density at radius 1 is 0.885 bits per heavy atom. The molecule has 2 aromatic rings. The second kappa shape index (κ2) is 8.65. The van der Waals surface area contributed by atoms with E-state index >= 15 is 0 Å². The quantitative estimate of drug-likeness (QED) is 0.737. The summed E-state index contributed by atoms with van der Waals surface area (Å²) in [5.74, 6) is 0. The Kier molecular flexibility index (Phi) is 6.51. The third-order valence-corrected chi connectivity index (χ3v) is 23.7. The predicted molar refractivity (Wildman–Crippen MR) is 117 cm³/mol. The van der Waals surface area contributed by atoms with E-state index in [1.807, 2.05) is 0 Å². The summed E-state index contributed by atoms with van der Waals surface area (Å²) in [4.78, 5) is 0. The number of hydrogen-bond donors (Lipinski definition) is 1. The van der Waals surface area contributed by atoms with Crippen molar-refractivity contribution in [1.82, 2.24) is 0 Å². The van der Waals surface area contributed by atoms with E-state index in [4.69, 9.17) is 10.2 Å². The Morgan fingerprint density at radius 3 is 1.81 bits per heavy atom. The lowest BCUT2D eigenvalue weighted by Gasteiger charge is -2.53. The van der Waals surface area contributed by atoms with E-state index in [1.54, 1.807) is 10.4 Å². The van der Waals surface area contributed by atoms with E-state index in [0.717, 1.165) is 6.42 Å². The lowest BCUT2D eigenvalue weighted by Crippen LogP contribution is -2.80. The maximum absolute atomic E-state index is 7.10. The zero-order valence-electron chi connectivity index (χ0n) is 16.3. The normalized spacial score (nSPS) is 21.4. The molecule has 2 nitrogen and oxygen atoms in total. The smallest absolute Gasteiger partial charge is 0.191 e. The second-order valence-electron chi connectivity index (χ2n) is 7.65. The van der Waals surface area contributed by atoms with E-state index in [-0.39, 0.29) is 6.10 Å². The topological polar surface area (TPSA) is 35.2 Å². The molecular weight excluding hydrogens is 350 g/mol. The molecule has 0 bridgehead atoms. The minimum atomic E-state index is -1.97. The Balaban J connectivity index is 2.25. The van der Waals surface area contributed by atoms with Crippen LogP contribution in [-0.2, 0) is 4.43 Å². The summed E-state index contributed by atoms with van der Waals surface area (Å²) in [6.45, 7) is 5.32. The van der Waals surface area contributed by atoms with Crippen molar-refractivity contribution in [3.8, 4) is 0 Å². The van der Waals surface area contributed by atoms with Gasteiger partial charge in [-0.25, -0.2) is 0 Å². The maximum Gasteiger partial charge on any atom is 0.191 e. The lowest BCUT2D eigenvalue weighted by atomic mass is 10.3. The highest BCUT2D eigenvalue weighted by molar-refractivity contribution is 7.50. The van der Waals surface area contributed by atoms with Gasteiger partial charge in [-0.05, 0) is 24.6 Å². The molecular formula is C22H33NOSi2. The van der Waals surface area contributed by atoms with Crippen LogP contribution in [0.3, 0.4) is 0 Å². The molecule has 1 heterocycles. The first-order chi connectivity index (χ1) is 12.7. The summed E-state index contributed by atoms with van der Waals surface area (Å²) in [7, 11) is -3.92. The van der Waals surface area contributed by atoms with Crippen molar-refractivity contribution in [2.24, 2.45) is 5.73 Å². The summed E-state index contributed by atoms with van der Waals surface area (Å²) in [6, 6.07) is 26.5. The number of rotatable bonds is 7. The van der Waals surface area contributed by atoms with E-state index in [1.165, 1.54) is 31.0 Å². The zero-order chi connectivity index (χ0) is 18.5. The molecule has 2 N–H and O–H groups in total. The summed E-state index contributed by atoms with van der Waals surface area (Å²) in [5.41, 5.74) is 6.10. The Bertz CT molecular complexity index is 632. The summed E-state index contributed by atoms with van der Waals surface area (Å²) in [6.07, 6.45) is 3.78. The van der Waals surface area contributed by atoms with Crippen LogP contribution in [0, 0.1) is 0 Å². The largest absolute Gasteiger partial charge is 0.415 e. The van der Waals surface area contributed by atoms with Gasteiger partial charge in [0.25, 0.3) is 0 Å². The van der Waals surface area contributed by atoms with Gasteiger partial charge in [-0.15, -0.1) is 0 Å². The van der Waals surface area contributed by atoms with Gasteiger partial charge in [0.15, 0.2) is 7.83 Å². The molecule has 0 saturated carbocycles. The molecule has 26 heavy (non-hydrogen) atoms. The van der Waals surface area contributed by atoms with Crippen molar-refractivity contribution in [3.63, 3.8) is 0 Å². The third-order valence-electron chi connectivity index (χ3n) is 6.12. The first-order valence-corrected chi connectivity index (χ1v) is 15.7. The monoisotopic (exact) mass is 383 g/mol. The zero-order valence-corrected chi connectivity index (χ0v) is 18.3. The summed E-state index contributed by atoms with van der Waals surface area (Å²) < 4.78 is 7.10. The van der Waals surface area contributed by atoms with Crippen molar-refractivity contribution in [3.05, 3.63) is 60.7 Å². The number of hydrogen-bond acceptors (Lipinski definition) is 2. The molecule has 0 spiro atoms. The molecule has 4 heteroatoms. The van der Waals surface area contributed by atoms with E-state index in [0.29, 0.717) is 6.54 Å². The lowest BCUT2D eigenvalue weighted by molar-refractivity contribution is 0.188. The van der Waals surface area contributed by atoms with Crippen LogP contribution in [0.4, 0.5) is 0 Å². The molecule has 1 aliphatic heterocycles. The van der Waals surface area contributed by atoms with E-state index in [2.05, 4.69) is 74.5 Å². The Morgan fingerprint density at radius 2 is 1.38 bits per heavy atom. The van der Waals surface area contributed by atoms with Crippen molar-refractivity contribution in [2.45, 2.75) is 57.3 Å². The first-order valence-electron chi connectivity index (χ1n) is 10.2. The van der Waals surface area contributed by atoms with Crippen LogP contribution in [0.15, 0.2) is 60.7 Å². The predicted octanol–water partition coefficient (Wildman–Crippen LogP) is 3.84. The van der Waals surface area contributed by atoms with Crippen molar-refractivity contribution >= 4 is 25.8 Å². The average molecular weight is 384 g/mol. The minimum absolute atomic E-state index is 0.257. The molecule has 1 aliphatic rings.